The van der Waals surface area contributed by atoms with Crippen molar-refractivity contribution >= 4 is 21.6 Å². The quantitative estimate of drug-likeness (QED) is 0.876. The Bertz CT molecular complexity index is 838. The molecule has 23 heavy (non-hydrogen) atoms. The second-order valence-corrected chi connectivity index (χ2v) is 6.50. The molecule has 1 amide bonds. The molecule has 0 atom stereocenters. The van der Waals surface area contributed by atoms with Gasteiger partial charge in [-0.05, 0) is 42.8 Å². The van der Waals surface area contributed by atoms with E-state index in [-0.39, 0.29) is 16.1 Å². The Morgan fingerprint density at radius 3 is 2.48 bits per heavy atom. The van der Waals surface area contributed by atoms with E-state index in [1.165, 1.54) is 31.2 Å². The van der Waals surface area contributed by atoms with E-state index in [0.717, 1.165) is 18.2 Å². The lowest BCUT2D eigenvalue weighted by molar-refractivity contribution is -0.115. The maximum Gasteiger partial charge on any atom is 0.241 e. The third kappa shape index (κ3) is 4.33. The fourth-order valence-corrected chi connectivity index (χ4v) is 3.12. The number of rotatable bonds is 5. The van der Waals surface area contributed by atoms with Crippen molar-refractivity contribution in [3.8, 4) is 0 Å². The Morgan fingerprint density at radius 1 is 1.13 bits per heavy atom. The Morgan fingerprint density at radius 2 is 1.83 bits per heavy atom. The van der Waals surface area contributed by atoms with Crippen LogP contribution in [0.25, 0.3) is 0 Å². The van der Waals surface area contributed by atoms with Crippen LogP contribution in [-0.4, -0.2) is 20.9 Å². The molecule has 0 unspecified atom stereocenters. The molecule has 0 saturated carbocycles. The van der Waals surface area contributed by atoms with Gasteiger partial charge in [-0.25, -0.2) is 21.9 Å². The summed E-state index contributed by atoms with van der Waals surface area (Å²) < 4.78 is 52.7. The number of hydrogen-bond donors (Lipinski definition) is 2. The van der Waals surface area contributed by atoms with E-state index < -0.39 is 34.1 Å². The minimum atomic E-state index is -3.98. The second-order valence-electron chi connectivity index (χ2n) is 4.76. The third-order valence-electron chi connectivity index (χ3n) is 3.00. The summed E-state index contributed by atoms with van der Waals surface area (Å²) in [6, 6.07) is 8.72. The molecule has 5 nitrogen and oxygen atoms in total. The summed E-state index contributed by atoms with van der Waals surface area (Å²) in [4.78, 5) is 11.6. The van der Waals surface area contributed by atoms with Crippen LogP contribution in [-0.2, 0) is 14.8 Å². The van der Waals surface area contributed by atoms with Gasteiger partial charge in [0.2, 0.25) is 15.9 Å². The zero-order valence-corrected chi connectivity index (χ0v) is 13.0. The van der Waals surface area contributed by atoms with E-state index in [1.807, 2.05) is 0 Å². The highest BCUT2D eigenvalue weighted by molar-refractivity contribution is 7.89. The van der Waals surface area contributed by atoms with Crippen LogP contribution in [0.4, 0.5) is 14.5 Å². The summed E-state index contributed by atoms with van der Waals surface area (Å²) in [5.41, 5.74) is 0.168. The number of para-hydroxylation sites is 1. The van der Waals surface area contributed by atoms with Crippen LogP contribution in [0.3, 0.4) is 0 Å². The lowest BCUT2D eigenvalue weighted by atomic mass is 10.2. The SMILES string of the molecule is Cc1cc(F)ccc1S(=O)(=O)NCC(=O)Nc1ccccc1F. The van der Waals surface area contributed by atoms with E-state index >= 15 is 0 Å². The van der Waals surface area contributed by atoms with Gasteiger partial charge in [0.1, 0.15) is 11.6 Å². The molecule has 2 aromatic rings. The number of aryl methyl sites for hydroxylation is 1. The van der Waals surface area contributed by atoms with E-state index in [4.69, 9.17) is 0 Å². The number of hydrogen-bond acceptors (Lipinski definition) is 3. The number of amides is 1. The van der Waals surface area contributed by atoms with E-state index in [9.17, 15) is 22.0 Å². The molecule has 0 aromatic heterocycles. The van der Waals surface area contributed by atoms with Gasteiger partial charge in [0.05, 0.1) is 17.1 Å². The standard InChI is InChI=1S/C15H14F2N2O3S/c1-10-8-11(16)6-7-14(10)23(21,22)18-9-15(20)19-13-5-3-2-4-12(13)17/h2-8,18H,9H2,1H3,(H,19,20). The van der Waals surface area contributed by atoms with Gasteiger partial charge in [0.25, 0.3) is 0 Å². The number of sulfonamides is 1. The van der Waals surface area contributed by atoms with Crippen LogP contribution in [0.15, 0.2) is 47.4 Å². The molecule has 0 aliphatic rings. The van der Waals surface area contributed by atoms with Crippen molar-refractivity contribution in [2.45, 2.75) is 11.8 Å². The zero-order valence-electron chi connectivity index (χ0n) is 12.1. The normalized spacial score (nSPS) is 11.3. The first-order chi connectivity index (χ1) is 10.8. The highest BCUT2D eigenvalue weighted by atomic mass is 32.2. The van der Waals surface area contributed by atoms with Crippen molar-refractivity contribution in [2.75, 3.05) is 11.9 Å². The largest absolute Gasteiger partial charge is 0.322 e. The smallest absolute Gasteiger partial charge is 0.241 e. The molecule has 0 saturated heterocycles. The summed E-state index contributed by atoms with van der Waals surface area (Å²) in [7, 11) is -3.98. The van der Waals surface area contributed by atoms with Gasteiger partial charge >= 0.3 is 0 Å². The molecular weight excluding hydrogens is 326 g/mol. The minimum absolute atomic E-state index is 0.0466. The molecule has 0 spiro atoms. The number of halogens is 2. The molecular formula is C15H14F2N2O3S. The maximum atomic E-state index is 13.4. The van der Waals surface area contributed by atoms with Crippen LogP contribution in [0.2, 0.25) is 0 Å². The molecule has 2 rings (SSSR count). The average molecular weight is 340 g/mol. The Hall–Kier alpha value is -2.32. The lowest BCUT2D eigenvalue weighted by Crippen LogP contribution is -2.33. The molecule has 8 heteroatoms. The second kappa shape index (κ2) is 6.84. The number of benzene rings is 2. The van der Waals surface area contributed by atoms with Gasteiger partial charge < -0.3 is 5.32 Å². The molecule has 0 bridgehead atoms. The van der Waals surface area contributed by atoms with Crippen molar-refractivity contribution in [2.24, 2.45) is 0 Å². The Balaban J connectivity index is 2.04. The fourth-order valence-electron chi connectivity index (χ4n) is 1.91. The monoisotopic (exact) mass is 340 g/mol. The maximum absolute atomic E-state index is 13.4. The van der Waals surface area contributed by atoms with Gasteiger partial charge in [-0.15, -0.1) is 0 Å². The van der Waals surface area contributed by atoms with Crippen molar-refractivity contribution in [1.29, 1.82) is 0 Å². The first-order valence-electron chi connectivity index (χ1n) is 6.60. The summed E-state index contributed by atoms with van der Waals surface area (Å²) >= 11 is 0. The zero-order chi connectivity index (χ0) is 17.0. The van der Waals surface area contributed by atoms with Crippen molar-refractivity contribution in [1.82, 2.24) is 4.72 Å². The average Bonchev–Trinajstić information content (AvgIpc) is 2.47. The van der Waals surface area contributed by atoms with Gasteiger partial charge in [-0.1, -0.05) is 12.1 Å². The van der Waals surface area contributed by atoms with Crippen molar-refractivity contribution in [3.05, 3.63) is 59.7 Å². The summed E-state index contributed by atoms with van der Waals surface area (Å²) in [5, 5.41) is 2.26. The number of carbonyl (C=O) groups excluding carboxylic acids is 1. The van der Waals surface area contributed by atoms with Crippen LogP contribution >= 0.6 is 0 Å². The predicted octanol–water partition coefficient (Wildman–Crippen LogP) is 2.19. The topological polar surface area (TPSA) is 75.3 Å². The van der Waals surface area contributed by atoms with Gasteiger partial charge in [0, 0.05) is 0 Å². The molecule has 2 aromatic carbocycles. The Labute approximate surface area is 132 Å². The molecule has 0 heterocycles. The van der Waals surface area contributed by atoms with Gasteiger partial charge in [-0.3, -0.25) is 4.79 Å². The first-order valence-corrected chi connectivity index (χ1v) is 8.08. The van der Waals surface area contributed by atoms with Crippen LogP contribution in [0, 0.1) is 18.6 Å². The van der Waals surface area contributed by atoms with Crippen LogP contribution < -0.4 is 10.0 Å². The van der Waals surface area contributed by atoms with Crippen LogP contribution in [0.1, 0.15) is 5.56 Å². The number of nitrogens with one attached hydrogen (secondary N) is 2. The number of anilines is 1. The fraction of sp³-hybridized carbons (Fsp3) is 0.133. The summed E-state index contributed by atoms with van der Waals surface area (Å²) in [6.45, 7) is 0.866. The first kappa shape index (κ1) is 17.0. The predicted molar refractivity (Wildman–Crippen MR) is 81.4 cm³/mol. The van der Waals surface area contributed by atoms with E-state index in [2.05, 4.69) is 10.0 Å². The highest BCUT2D eigenvalue weighted by Gasteiger charge is 2.18. The molecule has 0 fully saturated rings. The van der Waals surface area contributed by atoms with Crippen LogP contribution in [0.5, 0.6) is 0 Å². The Kier molecular flexibility index (Phi) is 5.07. The summed E-state index contributed by atoms with van der Waals surface area (Å²) in [5.74, 6) is -1.91. The lowest BCUT2D eigenvalue weighted by Gasteiger charge is -2.10. The molecule has 0 radical (unpaired) electrons. The van der Waals surface area contributed by atoms with Crippen molar-refractivity contribution in [3.63, 3.8) is 0 Å². The molecule has 2 N–H and O–H groups in total. The van der Waals surface area contributed by atoms with Gasteiger partial charge in [0.15, 0.2) is 0 Å². The molecule has 0 aliphatic heterocycles. The van der Waals surface area contributed by atoms with Crippen molar-refractivity contribution < 1.29 is 22.0 Å². The minimum Gasteiger partial charge on any atom is -0.322 e. The van der Waals surface area contributed by atoms with Gasteiger partial charge in [-0.2, -0.15) is 0 Å². The highest BCUT2D eigenvalue weighted by Crippen LogP contribution is 2.16. The molecule has 0 aliphatic carbocycles. The summed E-state index contributed by atoms with van der Waals surface area (Å²) in [6.07, 6.45) is 0. The molecule has 122 valence electrons. The third-order valence-corrected chi connectivity index (χ3v) is 4.56. The number of carbonyl (C=O) groups is 1. The van der Waals surface area contributed by atoms with E-state index in [0.29, 0.717) is 0 Å². The van der Waals surface area contributed by atoms with E-state index in [1.54, 1.807) is 0 Å².